The smallest absolute Gasteiger partial charge is 0.128 e. The van der Waals surface area contributed by atoms with Crippen molar-refractivity contribution in [3.8, 4) is 0 Å². The van der Waals surface area contributed by atoms with E-state index in [1.54, 1.807) is 24.3 Å². The zero-order chi connectivity index (χ0) is 14.9. The van der Waals surface area contributed by atoms with Crippen molar-refractivity contribution < 1.29 is 4.39 Å². The van der Waals surface area contributed by atoms with Gasteiger partial charge in [-0.2, -0.15) is 0 Å². The standard InChI is InChI=1S/C14H10BrCl3FN/c1-7(10-4-8(15)2-3-13(10)19)20-14-11(17)5-9(16)6-12(14)18/h2-7,20H,1H3. The molecular formula is C14H10BrCl3FN. The van der Waals surface area contributed by atoms with Crippen LogP contribution in [0.4, 0.5) is 10.1 Å². The van der Waals surface area contributed by atoms with Gasteiger partial charge in [-0.25, -0.2) is 4.39 Å². The van der Waals surface area contributed by atoms with Crippen LogP contribution < -0.4 is 5.32 Å². The van der Waals surface area contributed by atoms with Gasteiger partial charge >= 0.3 is 0 Å². The first-order valence-corrected chi connectivity index (χ1v) is 7.67. The normalized spacial score (nSPS) is 12.3. The summed E-state index contributed by atoms with van der Waals surface area (Å²) in [5.41, 5.74) is 1.05. The van der Waals surface area contributed by atoms with Gasteiger partial charge in [0, 0.05) is 15.1 Å². The first-order valence-electron chi connectivity index (χ1n) is 5.74. The molecule has 20 heavy (non-hydrogen) atoms. The van der Waals surface area contributed by atoms with Crippen LogP contribution in [0.2, 0.25) is 15.1 Å². The molecule has 0 amide bonds. The highest BCUT2D eigenvalue weighted by molar-refractivity contribution is 9.10. The van der Waals surface area contributed by atoms with E-state index in [1.807, 2.05) is 6.92 Å². The lowest BCUT2D eigenvalue weighted by Crippen LogP contribution is -2.09. The summed E-state index contributed by atoms with van der Waals surface area (Å²) in [4.78, 5) is 0. The largest absolute Gasteiger partial charge is 0.376 e. The molecule has 6 heteroatoms. The predicted molar refractivity (Wildman–Crippen MR) is 87.6 cm³/mol. The molecule has 1 N–H and O–H groups in total. The van der Waals surface area contributed by atoms with Crippen molar-refractivity contribution in [2.75, 3.05) is 5.32 Å². The molecule has 0 heterocycles. The Morgan fingerprint density at radius 1 is 1.10 bits per heavy atom. The second kappa shape index (κ2) is 6.52. The van der Waals surface area contributed by atoms with E-state index in [4.69, 9.17) is 34.8 Å². The molecule has 2 rings (SSSR count). The van der Waals surface area contributed by atoms with Crippen LogP contribution in [0.5, 0.6) is 0 Å². The number of halogens is 5. The monoisotopic (exact) mass is 395 g/mol. The average molecular weight is 398 g/mol. The molecule has 0 saturated heterocycles. The van der Waals surface area contributed by atoms with Gasteiger partial charge in [0.2, 0.25) is 0 Å². The van der Waals surface area contributed by atoms with Crippen molar-refractivity contribution in [1.82, 2.24) is 0 Å². The van der Waals surface area contributed by atoms with Gasteiger partial charge in [-0.15, -0.1) is 0 Å². The third-order valence-corrected chi connectivity index (χ3v) is 4.10. The molecule has 2 aromatic carbocycles. The molecule has 0 saturated carbocycles. The van der Waals surface area contributed by atoms with Crippen LogP contribution in [0.3, 0.4) is 0 Å². The molecule has 0 bridgehead atoms. The van der Waals surface area contributed by atoms with Gasteiger partial charge in [0.15, 0.2) is 0 Å². The first-order chi connectivity index (χ1) is 9.38. The molecule has 0 aromatic heterocycles. The van der Waals surface area contributed by atoms with E-state index in [0.29, 0.717) is 26.3 Å². The van der Waals surface area contributed by atoms with Crippen LogP contribution in [0.25, 0.3) is 0 Å². The zero-order valence-electron chi connectivity index (χ0n) is 10.4. The summed E-state index contributed by atoms with van der Waals surface area (Å²) in [5, 5.41) is 4.34. The number of anilines is 1. The maximum atomic E-state index is 13.8. The summed E-state index contributed by atoms with van der Waals surface area (Å²) in [5.74, 6) is -0.297. The minimum absolute atomic E-state index is 0.297. The molecular weight excluding hydrogens is 387 g/mol. The van der Waals surface area contributed by atoms with Gasteiger partial charge in [-0.3, -0.25) is 0 Å². The third-order valence-electron chi connectivity index (χ3n) is 2.79. The quantitative estimate of drug-likeness (QED) is 0.606. The van der Waals surface area contributed by atoms with Crippen molar-refractivity contribution >= 4 is 56.4 Å². The van der Waals surface area contributed by atoms with Crippen LogP contribution >= 0.6 is 50.7 Å². The molecule has 1 nitrogen and oxygen atoms in total. The van der Waals surface area contributed by atoms with Gasteiger partial charge in [0.1, 0.15) is 5.82 Å². The van der Waals surface area contributed by atoms with Crippen LogP contribution in [0.15, 0.2) is 34.8 Å². The van der Waals surface area contributed by atoms with Crippen molar-refractivity contribution in [2.45, 2.75) is 13.0 Å². The van der Waals surface area contributed by atoms with Gasteiger partial charge in [-0.05, 0) is 37.3 Å². The molecule has 1 unspecified atom stereocenters. The highest BCUT2D eigenvalue weighted by Gasteiger charge is 2.15. The van der Waals surface area contributed by atoms with Crippen molar-refractivity contribution in [1.29, 1.82) is 0 Å². The Bertz CT molecular complexity index is 625. The Kier molecular flexibility index (Phi) is 5.19. The molecule has 1 atom stereocenters. The fraction of sp³-hybridized carbons (Fsp3) is 0.143. The SMILES string of the molecule is CC(Nc1c(Cl)cc(Cl)cc1Cl)c1cc(Br)ccc1F. The number of nitrogens with one attached hydrogen (secondary N) is 1. The molecule has 0 radical (unpaired) electrons. The number of hydrogen-bond donors (Lipinski definition) is 1. The van der Waals surface area contributed by atoms with Crippen LogP contribution in [-0.2, 0) is 0 Å². The van der Waals surface area contributed by atoms with Crippen molar-refractivity contribution in [3.05, 3.63) is 61.3 Å². The van der Waals surface area contributed by atoms with Crippen molar-refractivity contribution in [3.63, 3.8) is 0 Å². The Balaban J connectivity index is 2.32. The van der Waals surface area contributed by atoms with Crippen LogP contribution in [0, 0.1) is 5.82 Å². The van der Waals surface area contributed by atoms with E-state index < -0.39 is 0 Å². The lowest BCUT2D eigenvalue weighted by atomic mass is 10.1. The lowest BCUT2D eigenvalue weighted by Gasteiger charge is -2.19. The number of hydrogen-bond acceptors (Lipinski definition) is 1. The van der Waals surface area contributed by atoms with Gasteiger partial charge in [0.25, 0.3) is 0 Å². The molecule has 0 fully saturated rings. The first kappa shape index (κ1) is 15.9. The van der Waals surface area contributed by atoms with Gasteiger partial charge in [-0.1, -0.05) is 50.7 Å². The highest BCUT2D eigenvalue weighted by atomic mass is 79.9. The van der Waals surface area contributed by atoms with Crippen LogP contribution in [-0.4, -0.2) is 0 Å². The van der Waals surface area contributed by atoms with Crippen LogP contribution in [0.1, 0.15) is 18.5 Å². The van der Waals surface area contributed by atoms with E-state index in [9.17, 15) is 4.39 Å². The summed E-state index contributed by atoms with van der Waals surface area (Å²) >= 11 is 21.4. The number of rotatable bonds is 3. The van der Waals surface area contributed by atoms with E-state index in [0.717, 1.165) is 4.47 Å². The van der Waals surface area contributed by atoms with E-state index in [2.05, 4.69) is 21.2 Å². The second-order valence-corrected chi connectivity index (χ2v) is 6.44. The topological polar surface area (TPSA) is 12.0 Å². The maximum absolute atomic E-state index is 13.8. The van der Waals surface area contributed by atoms with E-state index >= 15 is 0 Å². The Hall–Kier alpha value is -0.480. The Labute approximate surface area is 140 Å². The maximum Gasteiger partial charge on any atom is 0.128 e. The van der Waals surface area contributed by atoms with Crippen molar-refractivity contribution in [2.24, 2.45) is 0 Å². The molecule has 0 aliphatic rings. The number of benzene rings is 2. The molecule has 0 aliphatic carbocycles. The summed E-state index contributed by atoms with van der Waals surface area (Å²) in [6.45, 7) is 1.83. The molecule has 2 aromatic rings. The molecule has 0 aliphatic heterocycles. The zero-order valence-corrected chi connectivity index (χ0v) is 14.2. The van der Waals surface area contributed by atoms with E-state index in [1.165, 1.54) is 6.07 Å². The Morgan fingerprint density at radius 3 is 2.30 bits per heavy atom. The van der Waals surface area contributed by atoms with E-state index in [-0.39, 0.29) is 11.9 Å². The minimum Gasteiger partial charge on any atom is -0.376 e. The summed E-state index contributed by atoms with van der Waals surface area (Å²) in [6.07, 6.45) is 0. The fourth-order valence-electron chi connectivity index (χ4n) is 1.82. The van der Waals surface area contributed by atoms with Gasteiger partial charge < -0.3 is 5.32 Å². The fourth-order valence-corrected chi connectivity index (χ4v) is 3.13. The highest BCUT2D eigenvalue weighted by Crippen LogP contribution is 2.36. The Morgan fingerprint density at radius 2 is 1.70 bits per heavy atom. The average Bonchev–Trinajstić information content (AvgIpc) is 2.36. The summed E-state index contributed by atoms with van der Waals surface area (Å²) < 4.78 is 14.6. The third kappa shape index (κ3) is 3.59. The molecule has 106 valence electrons. The molecule has 0 spiro atoms. The minimum atomic E-state index is -0.302. The van der Waals surface area contributed by atoms with Gasteiger partial charge in [0.05, 0.1) is 21.8 Å². The predicted octanol–water partition coefficient (Wildman–Crippen LogP) is 6.72. The summed E-state index contributed by atoms with van der Waals surface area (Å²) in [6, 6.07) is 7.63. The second-order valence-electron chi connectivity index (χ2n) is 4.28. The lowest BCUT2D eigenvalue weighted by molar-refractivity contribution is 0.600. The summed E-state index contributed by atoms with van der Waals surface area (Å²) in [7, 11) is 0.